The van der Waals surface area contributed by atoms with Gasteiger partial charge in [-0.05, 0) is 0 Å². The zero-order valence-corrected chi connectivity index (χ0v) is 25.3. The van der Waals surface area contributed by atoms with Crippen molar-refractivity contribution in [2.24, 2.45) is 0 Å². The Balaban J connectivity index is 1.55. The quantitative estimate of drug-likeness (QED) is 0.238. The normalized spacial score (nSPS) is 15.5. The summed E-state index contributed by atoms with van der Waals surface area (Å²) in [7, 11) is 0. The van der Waals surface area contributed by atoms with Crippen LogP contribution >= 0.6 is 0 Å². The molecular weight excluding hydrogens is 575 g/mol. The molecule has 2 aliphatic carbocycles. The zero-order valence-electron chi connectivity index (χ0n) is 23.5. The van der Waals surface area contributed by atoms with Crippen molar-refractivity contribution < 1.29 is 19.2 Å². The number of rotatable bonds is 6. The molecule has 204 valence electrons. The number of carbonyl (C=O) groups is 4. The number of hydrogen-bond donors (Lipinski definition) is 0. The van der Waals surface area contributed by atoms with Crippen LogP contribution in [0.1, 0.15) is 49.9 Å². The predicted molar refractivity (Wildman–Crippen MR) is 162 cm³/mol. The Bertz CT molecular complexity index is 1640. The molecule has 0 bridgehead atoms. The van der Waals surface area contributed by atoms with Crippen molar-refractivity contribution in [3.8, 4) is 22.3 Å². The van der Waals surface area contributed by atoms with Gasteiger partial charge in [-0.25, -0.2) is 0 Å². The van der Waals surface area contributed by atoms with E-state index in [1.165, 1.54) is 27.7 Å². The van der Waals surface area contributed by atoms with Crippen LogP contribution in [-0.2, 0) is 42.8 Å². The molecule has 0 radical (unpaired) electrons. The van der Waals surface area contributed by atoms with Crippen molar-refractivity contribution in [2.45, 2.75) is 51.4 Å². The van der Waals surface area contributed by atoms with E-state index in [4.69, 9.17) is 0 Å². The number of ketones is 4. The summed E-state index contributed by atoms with van der Waals surface area (Å²) < 4.78 is 2.19. The number of Topliss-reactive ketones (excluding diaryl/α,β-unsaturated/α-hetero) is 4. The number of fused-ring (bicyclic) bond motifs is 6. The van der Waals surface area contributed by atoms with Gasteiger partial charge in [0.25, 0.3) is 0 Å². The number of carbonyl (C=O) groups excluding carboxylic acids is 4. The Hall–Kier alpha value is -3.92. The molecule has 41 heavy (non-hydrogen) atoms. The second-order valence-corrected chi connectivity index (χ2v) is 13.4. The SMILES string of the molecule is CC(=O)C1(C(C)=O)Cc2c([Se]c3cccc4c3CC(C(C)=O)(C(C)=O)c3ccccc3-4)cccc2-c2ccccc21. The van der Waals surface area contributed by atoms with E-state index < -0.39 is 10.8 Å². The van der Waals surface area contributed by atoms with E-state index in [1.54, 1.807) is 0 Å². The van der Waals surface area contributed by atoms with E-state index in [0.29, 0.717) is 12.8 Å². The second-order valence-electron chi connectivity index (χ2n) is 11.1. The van der Waals surface area contributed by atoms with Gasteiger partial charge in [-0.15, -0.1) is 0 Å². The molecule has 2 aliphatic rings. The van der Waals surface area contributed by atoms with Gasteiger partial charge in [-0.1, -0.05) is 0 Å². The van der Waals surface area contributed by atoms with Crippen LogP contribution in [0.2, 0.25) is 0 Å². The summed E-state index contributed by atoms with van der Waals surface area (Å²) in [5, 5.41) is 0. The van der Waals surface area contributed by atoms with Crippen LogP contribution in [0.4, 0.5) is 0 Å². The van der Waals surface area contributed by atoms with Crippen LogP contribution < -0.4 is 8.92 Å². The summed E-state index contributed by atoms with van der Waals surface area (Å²) in [4.78, 5) is 52.9. The van der Waals surface area contributed by atoms with Crippen LogP contribution in [0.25, 0.3) is 22.3 Å². The van der Waals surface area contributed by atoms with Gasteiger partial charge in [0.1, 0.15) is 0 Å². The molecule has 0 aromatic heterocycles. The third-order valence-corrected chi connectivity index (χ3v) is 11.7. The average Bonchev–Trinajstić information content (AvgIpc) is 2.96. The van der Waals surface area contributed by atoms with Crippen molar-refractivity contribution in [2.75, 3.05) is 0 Å². The van der Waals surface area contributed by atoms with Gasteiger partial charge >= 0.3 is 247 Å². The van der Waals surface area contributed by atoms with E-state index in [9.17, 15) is 19.2 Å². The predicted octanol–water partition coefficient (Wildman–Crippen LogP) is 4.62. The number of hydrogen-bond acceptors (Lipinski definition) is 4. The van der Waals surface area contributed by atoms with Gasteiger partial charge in [-0.2, -0.15) is 0 Å². The maximum atomic E-state index is 13.2. The molecule has 0 N–H and O–H groups in total. The third-order valence-electron chi connectivity index (χ3n) is 9.13. The van der Waals surface area contributed by atoms with Gasteiger partial charge in [-0.3, -0.25) is 0 Å². The molecule has 0 saturated heterocycles. The van der Waals surface area contributed by atoms with Gasteiger partial charge < -0.3 is 0 Å². The molecule has 0 fully saturated rings. The summed E-state index contributed by atoms with van der Waals surface area (Å²) in [5.74, 6) is -0.586. The fourth-order valence-electron chi connectivity index (χ4n) is 6.96. The second kappa shape index (κ2) is 9.87. The Kier molecular flexibility index (Phi) is 6.56. The van der Waals surface area contributed by atoms with Crippen LogP contribution in [0.15, 0.2) is 84.9 Å². The van der Waals surface area contributed by atoms with Crippen LogP contribution in [0.3, 0.4) is 0 Å². The van der Waals surface area contributed by atoms with Crippen molar-refractivity contribution in [3.05, 3.63) is 107 Å². The first-order valence-electron chi connectivity index (χ1n) is 13.8. The van der Waals surface area contributed by atoms with E-state index in [2.05, 4.69) is 24.3 Å². The van der Waals surface area contributed by atoms with Crippen LogP contribution in [0.5, 0.6) is 0 Å². The maximum absolute atomic E-state index is 13.2. The van der Waals surface area contributed by atoms with Gasteiger partial charge in [0.05, 0.1) is 0 Å². The molecule has 0 unspecified atom stereocenters. The average molecular weight is 606 g/mol. The van der Waals surface area contributed by atoms with E-state index >= 15 is 0 Å². The summed E-state index contributed by atoms with van der Waals surface area (Å²) in [6, 6.07) is 27.9. The number of benzene rings is 4. The van der Waals surface area contributed by atoms with Gasteiger partial charge in [0.15, 0.2) is 0 Å². The molecule has 6 rings (SSSR count). The molecule has 4 aromatic carbocycles. The molecule has 0 aliphatic heterocycles. The standard InChI is InChI=1S/C36H30O4Se/c1-21(37)35(22(2)38)19-29-25(27-11-5-7-15-31(27)35)13-9-17-33(29)41-34-18-10-14-26-28-12-6-8-16-32(28)36(23(3)39,24(4)40)20-30(26)34/h5-18H,19-20H2,1-4H3. The first-order valence-corrected chi connectivity index (χ1v) is 15.5. The Morgan fingerprint density at radius 3 is 1.20 bits per heavy atom. The Morgan fingerprint density at radius 1 is 0.488 bits per heavy atom. The van der Waals surface area contributed by atoms with Gasteiger partial charge in [0, 0.05) is 0 Å². The molecule has 4 aromatic rings. The van der Waals surface area contributed by atoms with Crippen molar-refractivity contribution >= 4 is 47.0 Å². The summed E-state index contributed by atoms with van der Waals surface area (Å²) in [6.07, 6.45) is 0.648. The molecule has 0 amide bonds. The summed E-state index contributed by atoms with van der Waals surface area (Å²) in [5.41, 5.74) is 5.11. The first-order chi connectivity index (χ1) is 19.6. The molecule has 0 atom stereocenters. The van der Waals surface area contributed by atoms with E-state index in [1.807, 2.05) is 60.7 Å². The topological polar surface area (TPSA) is 68.3 Å². The molecule has 4 nitrogen and oxygen atoms in total. The minimum atomic E-state index is -1.22. The monoisotopic (exact) mass is 606 g/mol. The Labute approximate surface area is 246 Å². The van der Waals surface area contributed by atoms with Crippen molar-refractivity contribution in [1.82, 2.24) is 0 Å². The molecule has 0 saturated carbocycles. The van der Waals surface area contributed by atoms with Crippen molar-refractivity contribution in [3.63, 3.8) is 0 Å². The Morgan fingerprint density at radius 2 is 0.829 bits per heavy atom. The molecule has 0 spiro atoms. The molecule has 0 heterocycles. The van der Waals surface area contributed by atoms with Crippen LogP contribution in [-0.4, -0.2) is 38.1 Å². The minimum absolute atomic E-state index is 0.146. The zero-order chi connectivity index (χ0) is 29.1. The third kappa shape index (κ3) is 3.87. The van der Waals surface area contributed by atoms with Crippen LogP contribution in [0, 0.1) is 0 Å². The summed E-state index contributed by atoms with van der Waals surface area (Å²) in [6.45, 7) is 6.08. The fourth-order valence-corrected chi connectivity index (χ4v) is 9.36. The molecular formula is C36H30O4Se. The molecule has 5 heteroatoms. The fraction of sp³-hybridized carbons (Fsp3) is 0.222. The van der Waals surface area contributed by atoms with Gasteiger partial charge in [0.2, 0.25) is 0 Å². The van der Waals surface area contributed by atoms with E-state index in [-0.39, 0.29) is 38.1 Å². The summed E-state index contributed by atoms with van der Waals surface area (Å²) >= 11 is -0.214. The van der Waals surface area contributed by atoms with Crippen molar-refractivity contribution in [1.29, 1.82) is 0 Å². The first kappa shape index (κ1) is 27.3. The van der Waals surface area contributed by atoms with E-state index in [0.717, 1.165) is 53.4 Å².